The predicted molar refractivity (Wildman–Crippen MR) is 116 cm³/mol. The fraction of sp³-hybridized carbons (Fsp3) is 0.318. The van der Waals surface area contributed by atoms with Crippen LogP contribution in [-0.2, 0) is 26.8 Å². The molecule has 0 aliphatic carbocycles. The van der Waals surface area contributed by atoms with Gasteiger partial charge < -0.3 is 5.32 Å². The number of benzene rings is 2. The van der Waals surface area contributed by atoms with Crippen molar-refractivity contribution in [3.8, 4) is 0 Å². The van der Waals surface area contributed by atoms with Crippen molar-refractivity contribution in [2.45, 2.75) is 39.7 Å². The van der Waals surface area contributed by atoms with Crippen LogP contribution in [0.1, 0.15) is 44.4 Å². The highest BCUT2D eigenvalue weighted by atomic mass is 32.2. The van der Waals surface area contributed by atoms with Crippen LogP contribution in [0.4, 0.5) is 10.1 Å². The van der Waals surface area contributed by atoms with E-state index >= 15 is 0 Å². The van der Waals surface area contributed by atoms with Gasteiger partial charge in [-0.3, -0.25) is 9.52 Å². The molecule has 0 saturated carbocycles. The van der Waals surface area contributed by atoms with Crippen LogP contribution in [0, 0.1) is 5.82 Å². The normalized spacial score (nSPS) is 12.6. The lowest BCUT2D eigenvalue weighted by Gasteiger charge is -2.18. The van der Waals surface area contributed by atoms with Crippen LogP contribution in [0.2, 0.25) is 0 Å². The summed E-state index contributed by atoms with van der Waals surface area (Å²) in [6.45, 7) is 8.27. The van der Waals surface area contributed by atoms with Gasteiger partial charge in [0.2, 0.25) is 15.9 Å². The Morgan fingerprint density at radius 3 is 2.24 bits per heavy atom. The first-order valence-electron chi connectivity index (χ1n) is 9.18. The van der Waals surface area contributed by atoms with Crippen molar-refractivity contribution in [1.29, 1.82) is 0 Å². The van der Waals surface area contributed by atoms with Crippen molar-refractivity contribution in [3.05, 3.63) is 70.5 Å². The highest BCUT2D eigenvalue weighted by molar-refractivity contribution is 7.92. The minimum atomic E-state index is -3.56. The summed E-state index contributed by atoms with van der Waals surface area (Å²) < 4.78 is 38.5. The number of anilines is 1. The van der Waals surface area contributed by atoms with Crippen LogP contribution in [0.5, 0.6) is 0 Å². The Morgan fingerprint density at radius 1 is 1.10 bits per heavy atom. The molecule has 0 bridgehead atoms. The number of carbonyl (C=O) groups excluding carboxylic acids is 1. The van der Waals surface area contributed by atoms with E-state index in [4.69, 9.17) is 0 Å². The highest BCUT2D eigenvalue weighted by Gasteiger charge is 2.13. The quantitative estimate of drug-likeness (QED) is 0.690. The average Bonchev–Trinajstić information content (AvgIpc) is 2.60. The second-order valence-electron chi connectivity index (χ2n) is 8.07. The van der Waals surface area contributed by atoms with E-state index in [1.54, 1.807) is 19.1 Å². The highest BCUT2D eigenvalue weighted by Crippen LogP contribution is 2.23. The smallest absolute Gasteiger partial charge is 0.247 e. The molecule has 0 heterocycles. The van der Waals surface area contributed by atoms with Gasteiger partial charge in [-0.05, 0) is 47.2 Å². The zero-order chi connectivity index (χ0) is 21.8. The Kier molecular flexibility index (Phi) is 6.85. The molecule has 156 valence electrons. The lowest BCUT2D eigenvalue weighted by Crippen LogP contribution is -2.23. The summed E-state index contributed by atoms with van der Waals surface area (Å²) in [7, 11) is -3.56. The van der Waals surface area contributed by atoms with E-state index in [9.17, 15) is 17.6 Å². The molecule has 0 unspecified atom stereocenters. The fourth-order valence-corrected chi connectivity index (χ4v) is 3.23. The van der Waals surface area contributed by atoms with E-state index in [2.05, 4.69) is 30.8 Å². The first-order valence-corrected chi connectivity index (χ1v) is 11.1. The molecule has 0 fully saturated rings. The summed E-state index contributed by atoms with van der Waals surface area (Å²) in [5, 5.41) is 2.74. The van der Waals surface area contributed by atoms with Gasteiger partial charge in [0.05, 0.1) is 11.9 Å². The summed E-state index contributed by atoms with van der Waals surface area (Å²) in [5.74, 6) is -0.961. The van der Waals surface area contributed by atoms with Gasteiger partial charge >= 0.3 is 0 Å². The van der Waals surface area contributed by atoms with Crippen molar-refractivity contribution in [2.75, 3.05) is 11.0 Å². The standard InChI is InChI=1S/C22H27FN2O3S/c1-15(12-16-6-9-18(10-7-16)22(2,3)4)21(26)24-14-17-8-11-20(19(23)13-17)25-29(5,27)28/h6-13,25H,14H2,1-5H3,(H,24,26). The Labute approximate surface area is 172 Å². The molecule has 0 aliphatic rings. The molecule has 0 saturated heterocycles. The maximum Gasteiger partial charge on any atom is 0.247 e. The molecule has 29 heavy (non-hydrogen) atoms. The molecule has 0 aliphatic heterocycles. The van der Waals surface area contributed by atoms with Crippen LogP contribution in [0.25, 0.3) is 6.08 Å². The molecule has 2 aromatic rings. The maximum absolute atomic E-state index is 14.0. The fourth-order valence-electron chi connectivity index (χ4n) is 2.67. The molecular formula is C22H27FN2O3S. The van der Waals surface area contributed by atoms with E-state index < -0.39 is 15.8 Å². The zero-order valence-electron chi connectivity index (χ0n) is 17.3. The van der Waals surface area contributed by atoms with Crippen LogP contribution in [0.3, 0.4) is 0 Å². The second kappa shape index (κ2) is 8.78. The Balaban J connectivity index is 2.01. The van der Waals surface area contributed by atoms with Crippen molar-refractivity contribution in [1.82, 2.24) is 5.32 Å². The molecule has 2 N–H and O–H groups in total. The summed E-state index contributed by atoms with van der Waals surface area (Å²) in [6.07, 6.45) is 2.74. The van der Waals surface area contributed by atoms with Crippen LogP contribution >= 0.6 is 0 Å². The second-order valence-corrected chi connectivity index (χ2v) is 9.82. The van der Waals surface area contributed by atoms with Gasteiger partial charge in [0.15, 0.2) is 0 Å². The topological polar surface area (TPSA) is 75.3 Å². The first-order chi connectivity index (χ1) is 13.3. The molecular weight excluding hydrogens is 391 g/mol. The SMILES string of the molecule is CC(=Cc1ccc(C(C)(C)C)cc1)C(=O)NCc1ccc(NS(C)(=O)=O)c(F)c1. The number of halogens is 1. The third-order valence-corrected chi connectivity index (χ3v) is 4.89. The van der Waals surface area contributed by atoms with Gasteiger partial charge in [-0.15, -0.1) is 0 Å². The molecule has 7 heteroatoms. The monoisotopic (exact) mass is 418 g/mol. The van der Waals surface area contributed by atoms with Crippen LogP contribution < -0.4 is 10.0 Å². The summed E-state index contributed by atoms with van der Waals surface area (Å²) in [4.78, 5) is 12.3. The van der Waals surface area contributed by atoms with Gasteiger partial charge in [-0.1, -0.05) is 51.1 Å². The van der Waals surface area contributed by atoms with Gasteiger partial charge in [0.1, 0.15) is 5.82 Å². The largest absolute Gasteiger partial charge is 0.348 e. The number of hydrogen-bond donors (Lipinski definition) is 2. The summed E-state index contributed by atoms with van der Waals surface area (Å²) in [6, 6.07) is 12.1. The minimum absolute atomic E-state index is 0.0658. The number of hydrogen-bond acceptors (Lipinski definition) is 3. The molecule has 1 amide bonds. The Bertz CT molecular complexity index is 1020. The van der Waals surface area contributed by atoms with E-state index in [-0.39, 0.29) is 23.6 Å². The molecule has 0 atom stereocenters. The molecule has 5 nitrogen and oxygen atoms in total. The molecule has 0 aromatic heterocycles. The molecule has 0 radical (unpaired) electrons. The average molecular weight is 419 g/mol. The van der Waals surface area contributed by atoms with Gasteiger partial charge in [0, 0.05) is 12.1 Å². The third kappa shape index (κ3) is 7.02. The van der Waals surface area contributed by atoms with Crippen LogP contribution in [-0.4, -0.2) is 20.6 Å². The van der Waals surface area contributed by atoms with E-state index in [1.165, 1.54) is 17.7 Å². The Morgan fingerprint density at radius 2 is 1.72 bits per heavy atom. The van der Waals surface area contributed by atoms with Crippen molar-refractivity contribution < 1.29 is 17.6 Å². The number of carbonyl (C=O) groups is 1. The molecule has 2 aromatic carbocycles. The predicted octanol–water partition coefficient (Wildman–Crippen LogP) is 4.21. The molecule has 2 rings (SSSR count). The zero-order valence-corrected chi connectivity index (χ0v) is 18.2. The van der Waals surface area contributed by atoms with Crippen LogP contribution in [0.15, 0.2) is 48.0 Å². The Hall–Kier alpha value is -2.67. The van der Waals surface area contributed by atoms with E-state index in [0.717, 1.165) is 11.8 Å². The van der Waals surface area contributed by atoms with Gasteiger partial charge in [0.25, 0.3) is 0 Å². The van der Waals surface area contributed by atoms with Crippen molar-refractivity contribution in [2.24, 2.45) is 0 Å². The number of rotatable bonds is 6. The molecule has 0 spiro atoms. The van der Waals surface area contributed by atoms with Gasteiger partial charge in [-0.25, -0.2) is 12.8 Å². The van der Waals surface area contributed by atoms with Gasteiger partial charge in [-0.2, -0.15) is 0 Å². The van der Waals surface area contributed by atoms with Crippen molar-refractivity contribution >= 4 is 27.7 Å². The first kappa shape index (κ1) is 22.6. The van der Waals surface area contributed by atoms with Crippen molar-refractivity contribution in [3.63, 3.8) is 0 Å². The number of amides is 1. The van der Waals surface area contributed by atoms with E-state index in [1.807, 2.05) is 24.3 Å². The lowest BCUT2D eigenvalue weighted by atomic mass is 9.86. The maximum atomic E-state index is 14.0. The third-order valence-electron chi connectivity index (χ3n) is 4.30. The summed E-state index contributed by atoms with van der Waals surface area (Å²) in [5.41, 5.74) is 3.13. The summed E-state index contributed by atoms with van der Waals surface area (Å²) >= 11 is 0. The number of sulfonamides is 1. The number of nitrogens with one attached hydrogen (secondary N) is 2. The lowest BCUT2D eigenvalue weighted by molar-refractivity contribution is -0.117. The minimum Gasteiger partial charge on any atom is -0.348 e. The van der Waals surface area contributed by atoms with E-state index in [0.29, 0.717) is 11.1 Å².